The predicted octanol–water partition coefficient (Wildman–Crippen LogP) is 6.24. The molecule has 4 bridgehead atoms. The molecular weight excluding hydrogens is 434 g/mol. The summed E-state index contributed by atoms with van der Waals surface area (Å²) in [5.41, 5.74) is 0.105. The lowest BCUT2D eigenvalue weighted by Crippen LogP contribution is -2.48. The quantitative estimate of drug-likeness (QED) is 0.382. The molecule has 5 saturated carbocycles. The number of rotatable bonds is 5. The summed E-state index contributed by atoms with van der Waals surface area (Å²) in [5.74, 6) is 1.73. The highest BCUT2D eigenvalue weighted by atomic mass is 19.4. The Labute approximate surface area is 191 Å². The molecule has 0 aromatic heterocycles. The number of carbonyl (C=O) groups excluding carboxylic acids is 1. The zero-order chi connectivity index (χ0) is 23.0. The van der Waals surface area contributed by atoms with Crippen molar-refractivity contribution >= 4 is 5.91 Å². The van der Waals surface area contributed by atoms with Crippen LogP contribution in [-0.2, 0) is 0 Å². The van der Waals surface area contributed by atoms with Crippen molar-refractivity contribution < 1.29 is 27.1 Å². The van der Waals surface area contributed by atoms with Gasteiger partial charge in [0.05, 0.1) is 24.3 Å². The van der Waals surface area contributed by atoms with E-state index < -0.39 is 30.0 Å². The summed E-state index contributed by atoms with van der Waals surface area (Å²) in [6.45, 7) is -0.102. The number of carbonyl (C=O) groups is 1. The van der Waals surface area contributed by atoms with E-state index >= 15 is 4.39 Å². The van der Waals surface area contributed by atoms with Crippen LogP contribution in [0.25, 0.3) is 0 Å². The highest BCUT2D eigenvalue weighted by Crippen LogP contribution is 2.60. The van der Waals surface area contributed by atoms with Crippen LogP contribution >= 0.6 is 0 Å². The molecule has 0 spiro atoms. The van der Waals surface area contributed by atoms with Crippen molar-refractivity contribution in [3.63, 3.8) is 0 Å². The van der Waals surface area contributed by atoms with Gasteiger partial charge in [0.2, 0.25) is 0 Å². The number of nitrogens with zero attached hydrogens (tertiary/aromatic N) is 1. The average molecular weight is 464 g/mol. The minimum absolute atomic E-state index is 0.157. The molecule has 1 aromatic rings. The van der Waals surface area contributed by atoms with Crippen molar-refractivity contribution in [1.82, 2.24) is 4.90 Å². The summed E-state index contributed by atoms with van der Waals surface area (Å²) in [5, 5.41) is 0. The van der Waals surface area contributed by atoms with E-state index in [-0.39, 0.29) is 23.4 Å². The van der Waals surface area contributed by atoms with Crippen LogP contribution in [0.1, 0.15) is 73.2 Å². The molecule has 0 N–H and O–H groups in total. The molecule has 5 fully saturated rings. The molecule has 7 rings (SSSR count). The Hall–Kier alpha value is -2.05. The van der Waals surface area contributed by atoms with Crippen molar-refractivity contribution in [1.29, 1.82) is 0 Å². The average Bonchev–Trinajstić information content (AvgIpc) is 3.44. The number of alkyl halides is 3. The fraction of sp³-hybridized carbons (Fsp3) is 0.654. The molecule has 0 unspecified atom stereocenters. The van der Waals surface area contributed by atoms with Crippen LogP contribution in [0.15, 0.2) is 23.8 Å². The SMILES string of the molecule is O=C(c1cc(C2CC2)c(OCC23CC4CC(CC(C4)C2)C3)cc1F)N1CC=C(C(F)(F)F)C1. The van der Waals surface area contributed by atoms with Gasteiger partial charge in [-0.1, -0.05) is 6.08 Å². The Balaban J connectivity index is 1.20. The Morgan fingerprint density at radius 2 is 1.70 bits per heavy atom. The highest BCUT2D eigenvalue weighted by Gasteiger charge is 2.51. The second-order valence-corrected chi connectivity index (χ2v) is 11.3. The number of amides is 1. The Morgan fingerprint density at radius 3 is 2.24 bits per heavy atom. The number of benzene rings is 1. The van der Waals surface area contributed by atoms with Crippen LogP contribution in [0.2, 0.25) is 0 Å². The van der Waals surface area contributed by atoms with Crippen LogP contribution in [0.5, 0.6) is 5.75 Å². The number of hydrogen-bond acceptors (Lipinski definition) is 2. The molecule has 3 nitrogen and oxygen atoms in total. The zero-order valence-electron chi connectivity index (χ0n) is 18.6. The minimum atomic E-state index is -4.47. The molecule has 1 aromatic carbocycles. The van der Waals surface area contributed by atoms with Gasteiger partial charge in [-0.15, -0.1) is 0 Å². The largest absolute Gasteiger partial charge is 0.493 e. The van der Waals surface area contributed by atoms with Gasteiger partial charge in [0.1, 0.15) is 11.6 Å². The van der Waals surface area contributed by atoms with Gasteiger partial charge >= 0.3 is 6.18 Å². The lowest BCUT2D eigenvalue weighted by atomic mass is 9.50. The van der Waals surface area contributed by atoms with Crippen LogP contribution in [0.3, 0.4) is 0 Å². The zero-order valence-corrected chi connectivity index (χ0v) is 18.6. The maximum Gasteiger partial charge on any atom is 0.414 e. The number of ether oxygens (including phenoxy) is 1. The monoisotopic (exact) mass is 463 g/mol. The van der Waals surface area contributed by atoms with Crippen LogP contribution < -0.4 is 4.74 Å². The Bertz CT molecular complexity index is 975. The van der Waals surface area contributed by atoms with Gasteiger partial charge in [-0.3, -0.25) is 4.79 Å². The molecular formula is C26H29F4NO2. The molecule has 0 radical (unpaired) electrons. The van der Waals surface area contributed by atoms with Gasteiger partial charge in [-0.25, -0.2) is 4.39 Å². The molecule has 7 heteroatoms. The second kappa shape index (κ2) is 7.47. The molecule has 178 valence electrons. The van der Waals surface area contributed by atoms with Crippen molar-refractivity contribution in [3.05, 3.63) is 40.7 Å². The van der Waals surface area contributed by atoms with E-state index in [1.807, 2.05) is 0 Å². The van der Waals surface area contributed by atoms with Crippen molar-refractivity contribution in [2.75, 3.05) is 19.7 Å². The normalized spacial score (nSPS) is 32.9. The van der Waals surface area contributed by atoms with E-state index in [2.05, 4.69) is 0 Å². The fourth-order valence-electron chi connectivity index (χ4n) is 7.36. The summed E-state index contributed by atoms with van der Waals surface area (Å²) in [4.78, 5) is 13.9. The summed E-state index contributed by atoms with van der Waals surface area (Å²) in [6, 6.07) is 2.84. The van der Waals surface area contributed by atoms with Crippen molar-refractivity contribution in [2.24, 2.45) is 23.2 Å². The lowest BCUT2D eigenvalue weighted by molar-refractivity contribution is -0.0930. The van der Waals surface area contributed by atoms with E-state index in [9.17, 15) is 18.0 Å². The smallest absolute Gasteiger partial charge is 0.414 e. The van der Waals surface area contributed by atoms with Gasteiger partial charge in [-0.05, 0) is 86.7 Å². The van der Waals surface area contributed by atoms with Crippen molar-refractivity contribution in [3.8, 4) is 5.75 Å². The van der Waals surface area contributed by atoms with Crippen LogP contribution in [0, 0.1) is 29.0 Å². The maximum atomic E-state index is 15.1. The summed E-state index contributed by atoms with van der Waals surface area (Å²) < 4.78 is 60.3. The van der Waals surface area contributed by atoms with E-state index in [1.165, 1.54) is 50.7 Å². The van der Waals surface area contributed by atoms with Gasteiger partial charge < -0.3 is 9.64 Å². The Kier molecular flexibility index (Phi) is 4.87. The molecule has 1 heterocycles. The third kappa shape index (κ3) is 3.95. The molecule has 0 saturated heterocycles. The summed E-state index contributed by atoms with van der Waals surface area (Å²) >= 11 is 0. The maximum absolute atomic E-state index is 15.1. The highest BCUT2D eigenvalue weighted by molar-refractivity contribution is 5.95. The fourth-order valence-corrected chi connectivity index (χ4v) is 7.36. The third-order valence-corrected chi connectivity index (χ3v) is 8.62. The first-order valence-corrected chi connectivity index (χ1v) is 12.2. The second-order valence-electron chi connectivity index (χ2n) is 11.3. The summed E-state index contributed by atoms with van der Waals surface area (Å²) in [6.07, 6.45) is 6.06. The number of hydrogen-bond donors (Lipinski definition) is 0. The topological polar surface area (TPSA) is 29.5 Å². The lowest BCUT2D eigenvalue weighted by Gasteiger charge is -2.56. The van der Waals surface area contributed by atoms with Gasteiger partial charge in [0.25, 0.3) is 5.91 Å². The standard InChI is InChI=1S/C26H29F4NO2/c27-22-9-23(33-14-25-10-15-5-16(11-25)7-17(6-15)12-25)20(18-1-2-18)8-21(22)24(32)31-4-3-19(13-31)26(28,29)30/h3,8-9,15-18H,1-2,4-7,10-14H2. The van der Waals surface area contributed by atoms with Crippen molar-refractivity contribution in [2.45, 2.75) is 63.5 Å². The van der Waals surface area contributed by atoms with Gasteiger partial charge in [0, 0.05) is 18.0 Å². The molecule has 1 amide bonds. The first-order valence-electron chi connectivity index (χ1n) is 12.2. The molecule has 6 aliphatic rings. The number of halogens is 4. The van der Waals surface area contributed by atoms with Crippen LogP contribution in [0.4, 0.5) is 17.6 Å². The van der Waals surface area contributed by atoms with E-state index in [4.69, 9.17) is 4.74 Å². The van der Waals surface area contributed by atoms with E-state index in [1.54, 1.807) is 0 Å². The Morgan fingerprint density at radius 1 is 1.06 bits per heavy atom. The third-order valence-electron chi connectivity index (χ3n) is 8.62. The molecule has 5 aliphatic carbocycles. The van der Waals surface area contributed by atoms with Crippen LogP contribution in [-0.4, -0.2) is 36.7 Å². The van der Waals surface area contributed by atoms with Gasteiger partial charge in [-0.2, -0.15) is 13.2 Å². The summed E-state index contributed by atoms with van der Waals surface area (Å²) in [7, 11) is 0. The first-order chi connectivity index (χ1) is 15.7. The first kappa shape index (κ1) is 21.5. The molecule has 33 heavy (non-hydrogen) atoms. The molecule has 1 aliphatic heterocycles. The molecule has 0 atom stereocenters. The van der Waals surface area contributed by atoms with Gasteiger partial charge in [0.15, 0.2) is 0 Å². The van der Waals surface area contributed by atoms with E-state index in [0.717, 1.165) is 47.1 Å². The van der Waals surface area contributed by atoms with E-state index in [0.29, 0.717) is 12.4 Å². The minimum Gasteiger partial charge on any atom is -0.493 e. The predicted molar refractivity (Wildman–Crippen MR) is 115 cm³/mol.